The lowest BCUT2D eigenvalue weighted by Crippen LogP contribution is -2.40. The van der Waals surface area contributed by atoms with E-state index in [9.17, 15) is 12.8 Å². The van der Waals surface area contributed by atoms with E-state index in [1.807, 2.05) is 6.92 Å². The van der Waals surface area contributed by atoms with E-state index in [4.69, 9.17) is 10.5 Å². The van der Waals surface area contributed by atoms with Crippen LogP contribution in [0.1, 0.15) is 26.3 Å². The molecule has 1 aromatic carbocycles. The van der Waals surface area contributed by atoms with Crippen molar-refractivity contribution in [2.24, 2.45) is 5.73 Å². The minimum atomic E-state index is -3.99. The molecule has 120 valence electrons. The van der Waals surface area contributed by atoms with Crippen LogP contribution in [-0.2, 0) is 21.3 Å². The lowest BCUT2D eigenvalue weighted by molar-refractivity contribution is -0.00516. The van der Waals surface area contributed by atoms with Crippen LogP contribution in [0, 0.1) is 5.82 Å². The smallest absolute Gasteiger partial charge is 0.243 e. The summed E-state index contributed by atoms with van der Waals surface area (Å²) < 4.78 is 46.9. The third-order valence-corrected chi connectivity index (χ3v) is 4.67. The molecule has 0 aliphatic carbocycles. The van der Waals surface area contributed by atoms with Gasteiger partial charge < -0.3 is 10.5 Å². The summed E-state index contributed by atoms with van der Waals surface area (Å²) in [7, 11) is -3.99. The first kappa shape index (κ1) is 18.5. The molecule has 21 heavy (non-hydrogen) atoms. The van der Waals surface area contributed by atoms with Crippen LogP contribution in [0.25, 0.3) is 0 Å². The summed E-state index contributed by atoms with van der Waals surface area (Å²) in [6.45, 7) is 5.73. The third-order valence-electron chi connectivity index (χ3n) is 2.81. The normalized spacial score (nSPS) is 12.7. The maximum atomic E-state index is 14.2. The average molecular weight is 383 g/mol. The lowest BCUT2D eigenvalue weighted by atomic mass is 10.1. The molecule has 0 fully saturated rings. The highest BCUT2D eigenvalue weighted by Crippen LogP contribution is 2.24. The van der Waals surface area contributed by atoms with Gasteiger partial charge in [0.15, 0.2) is 0 Å². The lowest BCUT2D eigenvalue weighted by Gasteiger charge is -2.25. The Bertz CT molecular complexity index is 606. The van der Waals surface area contributed by atoms with Crippen molar-refractivity contribution < 1.29 is 17.5 Å². The Kier molecular flexibility index (Phi) is 6.30. The van der Waals surface area contributed by atoms with Crippen molar-refractivity contribution in [3.05, 3.63) is 28.0 Å². The first-order valence-corrected chi connectivity index (χ1v) is 8.72. The number of halogens is 2. The van der Waals surface area contributed by atoms with Gasteiger partial charge in [-0.25, -0.2) is 17.5 Å². The molecule has 0 aliphatic rings. The first-order chi connectivity index (χ1) is 9.63. The van der Waals surface area contributed by atoms with Gasteiger partial charge in [0, 0.05) is 29.7 Å². The summed E-state index contributed by atoms with van der Waals surface area (Å²) in [4.78, 5) is -0.426. The Balaban J connectivity index is 3.06. The van der Waals surface area contributed by atoms with E-state index in [0.29, 0.717) is 11.1 Å². The highest BCUT2D eigenvalue weighted by atomic mass is 79.9. The molecule has 0 aliphatic heterocycles. The molecule has 0 atom stereocenters. The molecule has 0 unspecified atom stereocenters. The summed E-state index contributed by atoms with van der Waals surface area (Å²) in [6.07, 6.45) is 0. The van der Waals surface area contributed by atoms with E-state index in [1.165, 1.54) is 12.1 Å². The second kappa shape index (κ2) is 7.15. The molecule has 0 saturated carbocycles. The number of hydrogen-bond acceptors (Lipinski definition) is 4. The van der Waals surface area contributed by atoms with E-state index < -0.39 is 26.3 Å². The molecular formula is C13H20BrFN2O3S. The van der Waals surface area contributed by atoms with Crippen LogP contribution in [0.15, 0.2) is 21.5 Å². The fourth-order valence-corrected chi connectivity index (χ4v) is 3.75. The monoisotopic (exact) mass is 382 g/mol. The summed E-state index contributed by atoms with van der Waals surface area (Å²) in [6, 6.07) is 2.67. The molecule has 0 spiro atoms. The minimum absolute atomic E-state index is 0.0348. The highest BCUT2D eigenvalue weighted by molar-refractivity contribution is 9.10. The average Bonchev–Trinajstić information content (AvgIpc) is 2.39. The number of nitrogens with one attached hydrogen (secondary N) is 1. The predicted octanol–water partition coefficient (Wildman–Crippen LogP) is 2.14. The van der Waals surface area contributed by atoms with Crippen LogP contribution in [-0.4, -0.2) is 27.2 Å². The third kappa shape index (κ3) is 5.00. The fraction of sp³-hybridized carbons (Fsp3) is 0.538. The zero-order valence-corrected chi connectivity index (χ0v) is 14.6. The summed E-state index contributed by atoms with van der Waals surface area (Å²) >= 11 is 3.16. The quantitative estimate of drug-likeness (QED) is 0.756. The highest BCUT2D eigenvalue weighted by Gasteiger charge is 2.26. The molecule has 0 heterocycles. The molecule has 0 radical (unpaired) electrons. The van der Waals surface area contributed by atoms with E-state index in [1.54, 1.807) is 13.8 Å². The zero-order valence-electron chi connectivity index (χ0n) is 12.2. The molecule has 5 nitrogen and oxygen atoms in total. The van der Waals surface area contributed by atoms with Crippen molar-refractivity contribution in [1.82, 2.24) is 4.72 Å². The van der Waals surface area contributed by atoms with Crippen molar-refractivity contribution in [3.8, 4) is 0 Å². The molecule has 8 heteroatoms. The molecule has 1 aromatic rings. The van der Waals surface area contributed by atoms with Crippen LogP contribution in [0.2, 0.25) is 0 Å². The number of rotatable bonds is 7. The van der Waals surface area contributed by atoms with Crippen molar-refractivity contribution in [1.29, 1.82) is 0 Å². The van der Waals surface area contributed by atoms with Gasteiger partial charge in [0.2, 0.25) is 10.0 Å². The fourth-order valence-electron chi connectivity index (χ4n) is 1.75. The van der Waals surface area contributed by atoms with Crippen LogP contribution in [0.5, 0.6) is 0 Å². The van der Waals surface area contributed by atoms with Crippen LogP contribution in [0.4, 0.5) is 4.39 Å². The second-order valence-corrected chi connectivity index (χ2v) is 7.75. The largest absolute Gasteiger partial charge is 0.375 e. The van der Waals surface area contributed by atoms with Gasteiger partial charge in [-0.1, -0.05) is 15.9 Å². The van der Waals surface area contributed by atoms with Crippen LogP contribution in [0.3, 0.4) is 0 Å². The number of ether oxygens (including phenoxy) is 1. The van der Waals surface area contributed by atoms with Crippen LogP contribution < -0.4 is 10.5 Å². The molecule has 3 N–H and O–H groups in total. The van der Waals surface area contributed by atoms with Gasteiger partial charge in [-0.2, -0.15) is 0 Å². The van der Waals surface area contributed by atoms with E-state index in [0.717, 1.165) is 0 Å². The summed E-state index contributed by atoms with van der Waals surface area (Å²) in [5.41, 5.74) is 4.87. The number of hydrogen-bond donors (Lipinski definition) is 2. The van der Waals surface area contributed by atoms with Crippen molar-refractivity contribution >= 4 is 26.0 Å². The predicted molar refractivity (Wildman–Crippen MR) is 82.9 cm³/mol. The van der Waals surface area contributed by atoms with Gasteiger partial charge in [0.25, 0.3) is 0 Å². The molecule has 1 rings (SSSR count). The van der Waals surface area contributed by atoms with Gasteiger partial charge in [-0.15, -0.1) is 0 Å². The topological polar surface area (TPSA) is 81.4 Å². The van der Waals surface area contributed by atoms with Crippen molar-refractivity contribution in [3.63, 3.8) is 0 Å². The van der Waals surface area contributed by atoms with Gasteiger partial charge in [0.05, 0.1) is 5.60 Å². The molecule has 0 saturated heterocycles. The van der Waals surface area contributed by atoms with E-state index in [-0.39, 0.29) is 18.7 Å². The van der Waals surface area contributed by atoms with Crippen molar-refractivity contribution in [2.75, 3.05) is 13.2 Å². The maximum absolute atomic E-state index is 14.2. The number of sulfonamides is 1. The SMILES string of the molecule is CCOC(C)(C)CNS(=O)(=O)c1cc(Br)cc(CN)c1F. The Morgan fingerprint density at radius 2 is 2.05 bits per heavy atom. The van der Waals surface area contributed by atoms with Crippen LogP contribution >= 0.6 is 15.9 Å². The molecular weight excluding hydrogens is 363 g/mol. The first-order valence-electron chi connectivity index (χ1n) is 6.44. The van der Waals surface area contributed by atoms with Crippen molar-refractivity contribution in [2.45, 2.75) is 37.8 Å². The molecule has 0 bridgehead atoms. The molecule has 0 aromatic heterocycles. The van der Waals surface area contributed by atoms with E-state index >= 15 is 0 Å². The summed E-state index contributed by atoms with van der Waals surface area (Å²) in [5, 5.41) is 0. The molecule has 0 amide bonds. The van der Waals surface area contributed by atoms with Gasteiger partial charge in [0.1, 0.15) is 10.7 Å². The van der Waals surface area contributed by atoms with Gasteiger partial charge in [-0.05, 0) is 32.9 Å². The van der Waals surface area contributed by atoms with E-state index in [2.05, 4.69) is 20.7 Å². The summed E-state index contributed by atoms with van der Waals surface area (Å²) in [5.74, 6) is -0.831. The Morgan fingerprint density at radius 3 is 2.57 bits per heavy atom. The maximum Gasteiger partial charge on any atom is 0.243 e. The Morgan fingerprint density at radius 1 is 1.43 bits per heavy atom. The number of benzene rings is 1. The Labute approximate surface area is 133 Å². The second-order valence-electron chi connectivity index (χ2n) is 5.10. The standard InChI is InChI=1S/C13H20BrFN2O3S/c1-4-20-13(2,3)8-17-21(18,19)11-6-10(14)5-9(7-16)12(11)15/h5-6,17H,4,7-8,16H2,1-3H3. The number of nitrogens with two attached hydrogens (primary N) is 1. The van der Waals surface area contributed by atoms with Gasteiger partial charge >= 0.3 is 0 Å². The minimum Gasteiger partial charge on any atom is -0.375 e. The Hall–Kier alpha value is -0.540. The van der Waals surface area contributed by atoms with Gasteiger partial charge in [-0.3, -0.25) is 0 Å². The zero-order chi connectivity index (χ0) is 16.3.